The molecule has 0 unspecified atom stereocenters. The summed E-state index contributed by atoms with van der Waals surface area (Å²) >= 11 is 6.29. The van der Waals surface area contributed by atoms with Crippen LogP contribution in [-0.2, 0) is 0 Å². The highest BCUT2D eigenvalue weighted by Gasteiger charge is 2.17. The predicted molar refractivity (Wildman–Crippen MR) is 175 cm³/mol. The van der Waals surface area contributed by atoms with Crippen LogP contribution in [-0.4, -0.2) is 60.3 Å². The number of anilines is 5. The van der Waals surface area contributed by atoms with Crippen molar-refractivity contribution in [1.29, 1.82) is 0 Å². The Kier molecular flexibility index (Phi) is 8.74. The molecule has 1 fully saturated rings. The van der Waals surface area contributed by atoms with Crippen molar-refractivity contribution in [3.63, 3.8) is 0 Å². The third-order valence-electron chi connectivity index (χ3n) is 7.49. The highest BCUT2D eigenvalue weighted by atomic mass is 35.5. The first-order chi connectivity index (χ1) is 21.1. The van der Waals surface area contributed by atoms with E-state index in [1.165, 1.54) is 6.42 Å². The molecular formula is C32H35ClN8O2. The van der Waals surface area contributed by atoms with Gasteiger partial charge in [0, 0.05) is 47.7 Å². The molecule has 6 rings (SSSR count). The molecule has 3 heterocycles. The van der Waals surface area contributed by atoms with Gasteiger partial charge >= 0.3 is 0 Å². The van der Waals surface area contributed by atoms with Gasteiger partial charge in [0.1, 0.15) is 11.5 Å². The summed E-state index contributed by atoms with van der Waals surface area (Å²) < 4.78 is 10.8. The number of halogens is 1. The smallest absolute Gasteiger partial charge is 0.233 e. The van der Waals surface area contributed by atoms with Crippen LogP contribution >= 0.6 is 11.6 Å². The van der Waals surface area contributed by atoms with E-state index in [0.717, 1.165) is 83.6 Å². The van der Waals surface area contributed by atoms with Gasteiger partial charge in [0.05, 0.1) is 30.9 Å². The average Bonchev–Trinajstić information content (AvgIpc) is 3.04. The summed E-state index contributed by atoms with van der Waals surface area (Å²) in [6, 6.07) is 19.4. The highest BCUT2D eigenvalue weighted by Crippen LogP contribution is 2.34. The monoisotopic (exact) mass is 598 g/mol. The van der Waals surface area contributed by atoms with Gasteiger partial charge in [-0.3, -0.25) is 0 Å². The Morgan fingerprint density at radius 1 is 0.721 bits per heavy atom. The number of benzene rings is 3. The lowest BCUT2D eigenvalue weighted by Gasteiger charge is -2.27. The largest absolute Gasteiger partial charge is 0.497 e. The van der Waals surface area contributed by atoms with E-state index in [9.17, 15) is 0 Å². The van der Waals surface area contributed by atoms with Crippen LogP contribution in [0.2, 0.25) is 5.02 Å². The SMILES string of the molecule is COc1ccc(Nc2nc(NCCCNc3c4ccc(Cl)cc4nc4ccc(OC)cc34)nc(N3CCCCC3)n2)cc1. The van der Waals surface area contributed by atoms with Crippen molar-refractivity contribution < 1.29 is 9.47 Å². The summed E-state index contributed by atoms with van der Waals surface area (Å²) in [6.45, 7) is 3.29. The summed E-state index contributed by atoms with van der Waals surface area (Å²) in [7, 11) is 3.32. The number of fused-ring (bicyclic) bond motifs is 2. The minimum atomic E-state index is 0.503. The third-order valence-corrected chi connectivity index (χ3v) is 7.73. The molecule has 11 heteroatoms. The van der Waals surface area contributed by atoms with Crippen molar-refractivity contribution in [3.05, 3.63) is 65.7 Å². The van der Waals surface area contributed by atoms with Gasteiger partial charge in [0.15, 0.2) is 0 Å². The molecule has 1 aliphatic rings. The molecule has 0 aliphatic carbocycles. The molecule has 43 heavy (non-hydrogen) atoms. The summed E-state index contributed by atoms with van der Waals surface area (Å²) in [5.41, 5.74) is 3.61. The van der Waals surface area contributed by atoms with E-state index in [-0.39, 0.29) is 0 Å². The third kappa shape index (κ3) is 6.75. The van der Waals surface area contributed by atoms with E-state index >= 15 is 0 Å². The maximum absolute atomic E-state index is 6.29. The Morgan fingerprint density at radius 3 is 2.26 bits per heavy atom. The topological polar surface area (TPSA) is 109 Å². The van der Waals surface area contributed by atoms with E-state index in [2.05, 4.69) is 25.8 Å². The zero-order valence-electron chi connectivity index (χ0n) is 24.4. The maximum atomic E-state index is 6.29. The Bertz CT molecular complexity index is 1710. The van der Waals surface area contributed by atoms with Crippen LogP contribution in [0.25, 0.3) is 21.8 Å². The number of aromatic nitrogens is 4. The molecule has 0 amide bonds. The van der Waals surface area contributed by atoms with Crippen molar-refractivity contribution >= 4 is 62.6 Å². The lowest BCUT2D eigenvalue weighted by atomic mass is 10.1. The summed E-state index contributed by atoms with van der Waals surface area (Å²) in [5, 5.41) is 13.0. The van der Waals surface area contributed by atoms with E-state index in [1.807, 2.05) is 60.7 Å². The fourth-order valence-corrected chi connectivity index (χ4v) is 5.42. The van der Waals surface area contributed by atoms with Gasteiger partial charge < -0.3 is 30.3 Å². The zero-order valence-corrected chi connectivity index (χ0v) is 25.1. The van der Waals surface area contributed by atoms with Gasteiger partial charge in [-0.25, -0.2) is 4.98 Å². The molecule has 1 aliphatic heterocycles. The number of piperidine rings is 1. The van der Waals surface area contributed by atoms with Gasteiger partial charge in [0.2, 0.25) is 17.8 Å². The first-order valence-corrected chi connectivity index (χ1v) is 14.9. The summed E-state index contributed by atoms with van der Waals surface area (Å²) in [5.74, 6) is 3.32. The van der Waals surface area contributed by atoms with Crippen LogP contribution in [0, 0.1) is 0 Å². The maximum Gasteiger partial charge on any atom is 0.233 e. The molecular weight excluding hydrogens is 564 g/mol. The molecule has 222 valence electrons. The molecule has 5 aromatic rings. The molecule has 0 atom stereocenters. The number of hydrogen-bond acceptors (Lipinski definition) is 10. The van der Waals surface area contributed by atoms with Crippen LogP contribution in [0.15, 0.2) is 60.7 Å². The first kappa shape index (κ1) is 28.5. The van der Waals surface area contributed by atoms with Gasteiger partial charge in [-0.05, 0) is 86.3 Å². The molecule has 0 radical (unpaired) electrons. The number of methoxy groups -OCH3 is 2. The van der Waals surface area contributed by atoms with Crippen LogP contribution < -0.4 is 30.3 Å². The van der Waals surface area contributed by atoms with Crippen molar-refractivity contribution in [1.82, 2.24) is 19.9 Å². The average molecular weight is 599 g/mol. The highest BCUT2D eigenvalue weighted by molar-refractivity contribution is 6.31. The minimum absolute atomic E-state index is 0.503. The second-order valence-corrected chi connectivity index (χ2v) is 10.9. The van der Waals surface area contributed by atoms with Gasteiger partial charge in [-0.2, -0.15) is 15.0 Å². The number of nitrogens with zero attached hydrogens (tertiary/aromatic N) is 5. The van der Waals surface area contributed by atoms with E-state index in [1.54, 1.807) is 14.2 Å². The van der Waals surface area contributed by atoms with Gasteiger partial charge in [-0.15, -0.1) is 0 Å². The second-order valence-electron chi connectivity index (χ2n) is 10.4. The fourth-order valence-electron chi connectivity index (χ4n) is 5.25. The molecule has 3 N–H and O–H groups in total. The molecule has 10 nitrogen and oxygen atoms in total. The molecule has 3 aromatic carbocycles. The molecule has 1 saturated heterocycles. The normalized spacial score (nSPS) is 13.2. The van der Waals surface area contributed by atoms with Crippen molar-refractivity contribution in [2.75, 3.05) is 61.2 Å². The Labute approximate surface area is 255 Å². The summed E-state index contributed by atoms with van der Waals surface area (Å²) in [6.07, 6.45) is 4.34. The first-order valence-electron chi connectivity index (χ1n) is 14.6. The van der Waals surface area contributed by atoms with Crippen molar-refractivity contribution in [2.45, 2.75) is 25.7 Å². The Hall–Kier alpha value is -4.57. The van der Waals surface area contributed by atoms with Crippen LogP contribution in [0.1, 0.15) is 25.7 Å². The fraction of sp³-hybridized carbons (Fsp3) is 0.312. The quantitative estimate of drug-likeness (QED) is 0.110. The summed E-state index contributed by atoms with van der Waals surface area (Å²) in [4.78, 5) is 21.2. The van der Waals surface area contributed by atoms with Gasteiger partial charge in [-0.1, -0.05) is 11.6 Å². The molecule has 0 saturated carbocycles. The standard InChI is InChI=1S/C32H35ClN8O2/c1-42-23-10-8-22(9-11-23)36-31-38-30(39-32(40-31)41-17-4-3-5-18-41)35-16-6-15-34-29-25-13-7-21(33)19-28(25)37-27-14-12-24(43-2)20-26(27)29/h7-14,19-20H,3-6,15-18H2,1-2H3,(H,34,37)(H2,35,36,38,39,40). The Morgan fingerprint density at radius 2 is 1.47 bits per heavy atom. The second kappa shape index (κ2) is 13.2. The minimum Gasteiger partial charge on any atom is -0.497 e. The molecule has 2 aromatic heterocycles. The van der Waals surface area contributed by atoms with Crippen LogP contribution in [0.3, 0.4) is 0 Å². The van der Waals surface area contributed by atoms with Gasteiger partial charge in [0.25, 0.3) is 0 Å². The number of hydrogen-bond donors (Lipinski definition) is 3. The predicted octanol–water partition coefficient (Wildman–Crippen LogP) is 6.89. The molecule has 0 spiro atoms. The zero-order chi connectivity index (χ0) is 29.6. The number of nitrogens with one attached hydrogen (secondary N) is 3. The van der Waals surface area contributed by atoms with Crippen LogP contribution in [0.4, 0.5) is 29.2 Å². The lowest BCUT2D eigenvalue weighted by molar-refractivity contribution is 0.415. The number of ether oxygens (including phenoxy) is 2. The van der Waals surface area contributed by atoms with Crippen molar-refractivity contribution in [2.24, 2.45) is 0 Å². The van der Waals surface area contributed by atoms with E-state index in [0.29, 0.717) is 29.4 Å². The number of rotatable bonds is 11. The van der Waals surface area contributed by atoms with E-state index in [4.69, 9.17) is 36.0 Å². The van der Waals surface area contributed by atoms with E-state index < -0.39 is 0 Å². The Balaban J connectivity index is 1.17. The number of pyridine rings is 1. The lowest BCUT2D eigenvalue weighted by Crippen LogP contribution is -2.31. The van der Waals surface area contributed by atoms with Crippen molar-refractivity contribution in [3.8, 4) is 11.5 Å². The van der Waals surface area contributed by atoms with Crippen LogP contribution in [0.5, 0.6) is 11.5 Å². The molecule has 0 bridgehead atoms.